The predicted octanol–water partition coefficient (Wildman–Crippen LogP) is 3.58. The molecule has 5 aromatic heterocycles. The summed E-state index contributed by atoms with van der Waals surface area (Å²) < 4.78 is 7.90. The normalized spacial score (nSPS) is 15.6. The molecular formula is C21H19N7O. The van der Waals surface area contributed by atoms with Crippen LogP contribution >= 0.6 is 0 Å². The van der Waals surface area contributed by atoms with E-state index in [2.05, 4.69) is 37.7 Å². The van der Waals surface area contributed by atoms with E-state index in [0.717, 1.165) is 76.2 Å². The topological polar surface area (TPSA) is 94.4 Å². The summed E-state index contributed by atoms with van der Waals surface area (Å²) in [6.07, 6.45) is 7.41. The van der Waals surface area contributed by atoms with Crippen molar-refractivity contribution in [2.24, 2.45) is 0 Å². The van der Waals surface area contributed by atoms with Crippen molar-refractivity contribution in [3.8, 4) is 11.3 Å². The van der Waals surface area contributed by atoms with Gasteiger partial charge in [-0.2, -0.15) is 5.10 Å². The van der Waals surface area contributed by atoms with Gasteiger partial charge in [-0.15, -0.1) is 0 Å². The zero-order valence-electron chi connectivity index (χ0n) is 16.0. The molecule has 1 saturated heterocycles. The van der Waals surface area contributed by atoms with Gasteiger partial charge in [0.05, 0.1) is 29.1 Å². The summed E-state index contributed by atoms with van der Waals surface area (Å²) in [6.45, 7) is 3.62. The quantitative estimate of drug-likeness (QED) is 0.499. The fourth-order valence-corrected chi connectivity index (χ4v) is 4.28. The van der Waals surface area contributed by atoms with Crippen molar-refractivity contribution in [3.63, 3.8) is 0 Å². The summed E-state index contributed by atoms with van der Waals surface area (Å²) in [5, 5.41) is 7.90. The fraction of sp³-hybridized carbons (Fsp3) is 0.286. The van der Waals surface area contributed by atoms with E-state index >= 15 is 0 Å². The lowest BCUT2D eigenvalue weighted by Crippen LogP contribution is -2.20. The Morgan fingerprint density at radius 2 is 1.93 bits per heavy atom. The van der Waals surface area contributed by atoms with E-state index in [1.165, 1.54) is 0 Å². The molecule has 1 aliphatic rings. The van der Waals surface area contributed by atoms with Crippen molar-refractivity contribution >= 4 is 33.1 Å². The zero-order valence-corrected chi connectivity index (χ0v) is 16.0. The molecule has 0 unspecified atom stereocenters. The third kappa shape index (κ3) is 2.60. The van der Waals surface area contributed by atoms with Gasteiger partial charge in [0.1, 0.15) is 16.9 Å². The molecule has 8 heteroatoms. The van der Waals surface area contributed by atoms with Crippen molar-refractivity contribution in [2.75, 3.05) is 13.2 Å². The molecule has 5 aromatic rings. The highest BCUT2D eigenvalue weighted by Gasteiger charge is 2.22. The van der Waals surface area contributed by atoms with Crippen LogP contribution < -0.4 is 0 Å². The van der Waals surface area contributed by atoms with Crippen LogP contribution in [0.1, 0.15) is 24.7 Å². The molecule has 1 fully saturated rings. The summed E-state index contributed by atoms with van der Waals surface area (Å²) in [5.74, 6) is 0.995. The summed E-state index contributed by atoms with van der Waals surface area (Å²) in [7, 11) is 0. The molecule has 0 aromatic carbocycles. The fourth-order valence-electron chi connectivity index (χ4n) is 4.28. The van der Waals surface area contributed by atoms with Crippen molar-refractivity contribution in [2.45, 2.75) is 25.8 Å². The van der Waals surface area contributed by atoms with Crippen LogP contribution in [0.3, 0.4) is 0 Å². The lowest BCUT2D eigenvalue weighted by molar-refractivity contribution is 0.0701. The van der Waals surface area contributed by atoms with Crippen LogP contribution in [0.25, 0.3) is 44.4 Å². The Morgan fingerprint density at radius 1 is 1.03 bits per heavy atom. The van der Waals surface area contributed by atoms with Crippen molar-refractivity contribution < 1.29 is 4.74 Å². The van der Waals surface area contributed by atoms with Crippen LogP contribution in [0.4, 0.5) is 0 Å². The third-order valence-corrected chi connectivity index (χ3v) is 5.68. The largest absolute Gasteiger partial charge is 0.381 e. The number of aryl methyl sites for hydroxylation is 1. The summed E-state index contributed by atoms with van der Waals surface area (Å²) in [4.78, 5) is 18.8. The highest BCUT2D eigenvalue weighted by molar-refractivity contribution is 6.00. The van der Waals surface area contributed by atoms with Gasteiger partial charge in [-0.25, -0.2) is 15.0 Å². The number of nitrogens with zero attached hydrogens (tertiary/aromatic N) is 6. The number of aromatic nitrogens is 7. The Balaban J connectivity index is 1.58. The van der Waals surface area contributed by atoms with E-state index in [0.29, 0.717) is 6.04 Å². The van der Waals surface area contributed by atoms with Gasteiger partial charge in [0.25, 0.3) is 0 Å². The van der Waals surface area contributed by atoms with Gasteiger partial charge in [0.15, 0.2) is 5.65 Å². The molecule has 0 spiro atoms. The average molecular weight is 385 g/mol. The molecule has 1 N–H and O–H groups in total. The molecule has 0 aliphatic carbocycles. The molecule has 0 bridgehead atoms. The van der Waals surface area contributed by atoms with Crippen LogP contribution in [0.5, 0.6) is 0 Å². The second-order valence-electron chi connectivity index (χ2n) is 7.46. The van der Waals surface area contributed by atoms with Gasteiger partial charge in [0.2, 0.25) is 0 Å². The van der Waals surface area contributed by atoms with Crippen LogP contribution in [0, 0.1) is 6.92 Å². The molecule has 0 atom stereocenters. The molecule has 6 heterocycles. The number of pyridine rings is 3. The average Bonchev–Trinajstić information content (AvgIpc) is 3.37. The third-order valence-electron chi connectivity index (χ3n) is 5.68. The van der Waals surface area contributed by atoms with E-state index in [9.17, 15) is 0 Å². The lowest BCUT2D eigenvalue weighted by Gasteiger charge is -2.25. The number of hydrogen-bond donors (Lipinski definition) is 1. The second kappa shape index (κ2) is 6.31. The van der Waals surface area contributed by atoms with E-state index < -0.39 is 0 Å². The molecule has 0 saturated carbocycles. The number of nitrogens with one attached hydrogen (secondary N) is 1. The predicted molar refractivity (Wildman–Crippen MR) is 110 cm³/mol. The number of H-pyrrole nitrogens is 1. The molecule has 29 heavy (non-hydrogen) atoms. The summed E-state index contributed by atoms with van der Waals surface area (Å²) >= 11 is 0. The molecule has 8 nitrogen and oxygen atoms in total. The number of hydrogen-bond acceptors (Lipinski definition) is 6. The minimum absolute atomic E-state index is 0.369. The van der Waals surface area contributed by atoms with Crippen LogP contribution in [0.2, 0.25) is 0 Å². The zero-order chi connectivity index (χ0) is 19.4. The van der Waals surface area contributed by atoms with Gasteiger partial charge in [-0.1, -0.05) is 0 Å². The molecule has 0 radical (unpaired) electrons. The van der Waals surface area contributed by atoms with Crippen molar-refractivity contribution in [3.05, 3.63) is 42.6 Å². The van der Waals surface area contributed by atoms with Gasteiger partial charge < -0.3 is 9.30 Å². The maximum absolute atomic E-state index is 5.57. The molecular weight excluding hydrogens is 366 g/mol. The van der Waals surface area contributed by atoms with Crippen LogP contribution in [-0.4, -0.2) is 47.9 Å². The number of imidazole rings is 1. The first-order valence-corrected chi connectivity index (χ1v) is 9.79. The Hall–Kier alpha value is -3.39. The van der Waals surface area contributed by atoms with E-state index in [4.69, 9.17) is 14.7 Å². The molecule has 0 amide bonds. The van der Waals surface area contributed by atoms with E-state index in [1.807, 2.05) is 24.5 Å². The molecule has 144 valence electrons. The Kier molecular flexibility index (Phi) is 3.60. The van der Waals surface area contributed by atoms with Gasteiger partial charge in [-0.3, -0.25) is 10.1 Å². The first-order chi connectivity index (χ1) is 14.3. The summed E-state index contributed by atoms with van der Waals surface area (Å²) in [6, 6.07) is 6.43. The van der Waals surface area contributed by atoms with Gasteiger partial charge in [-0.05, 0) is 38.0 Å². The minimum Gasteiger partial charge on any atom is -0.381 e. The van der Waals surface area contributed by atoms with E-state index in [-0.39, 0.29) is 0 Å². The standard InChI is InChI=1S/C21H19N7O/c1-12-25-18-11-22-17-3-2-16(13-8-14-10-24-27-21(14)23-9-13)26-19(17)20(18)28(12)15-4-6-29-7-5-15/h2-3,8-11,15H,4-7H2,1H3,(H,23,24,27). The first-order valence-electron chi connectivity index (χ1n) is 9.79. The second-order valence-corrected chi connectivity index (χ2v) is 7.46. The number of ether oxygens (including phenoxy) is 1. The summed E-state index contributed by atoms with van der Waals surface area (Å²) in [5.41, 5.74) is 6.26. The number of aromatic amines is 1. The van der Waals surface area contributed by atoms with Crippen molar-refractivity contribution in [1.82, 2.24) is 34.7 Å². The maximum Gasteiger partial charge on any atom is 0.155 e. The Labute approximate surface area is 166 Å². The van der Waals surface area contributed by atoms with Crippen LogP contribution in [-0.2, 0) is 4.74 Å². The first kappa shape index (κ1) is 16.6. The number of rotatable bonds is 2. The monoisotopic (exact) mass is 385 g/mol. The van der Waals surface area contributed by atoms with Crippen molar-refractivity contribution in [1.29, 1.82) is 0 Å². The number of fused-ring (bicyclic) bond motifs is 4. The van der Waals surface area contributed by atoms with Gasteiger partial charge >= 0.3 is 0 Å². The smallest absolute Gasteiger partial charge is 0.155 e. The van der Waals surface area contributed by atoms with Crippen LogP contribution in [0.15, 0.2) is 36.8 Å². The molecule has 6 rings (SSSR count). The SMILES string of the molecule is Cc1nc2cnc3ccc(-c4cnc5[nH]ncc5c4)nc3c2n1C1CCOCC1. The Morgan fingerprint density at radius 3 is 2.83 bits per heavy atom. The van der Waals surface area contributed by atoms with E-state index in [1.54, 1.807) is 6.20 Å². The minimum atomic E-state index is 0.369. The molecule has 1 aliphatic heterocycles. The Bertz CT molecular complexity index is 1360. The maximum atomic E-state index is 5.57. The van der Waals surface area contributed by atoms with Gasteiger partial charge in [0, 0.05) is 36.4 Å². The highest BCUT2D eigenvalue weighted by atomic mass is 16.5. The highest BCUT2D eigenvalue weighted by Crippen LogP contribution is 2.32. The lowest BCUT2D eigenvalue weighted by atomic mass is 10.1.